The lowest BCUT2D eigenvalue weighted by molar-refractivity contribution is -0.384. The smallest absolute Gasteiger partial charge is 0.335 e. The van der Waals surface area contributed by atoms with Crippen LogP contribution in [0.25, 0.3) is 11.0 Å². The summed E-state index contributed by atoms with van der Waals surface area (Å²) in [5.41, 5.74) is 2.63. The maximum atomic E-state index is 11.0. The SMILES string of the molecule is CCCc1nc2cc([N+](=O)[O-])ccc2n1Cc1ccc(C(=O)O)cc1. The van der Waals surface area contributed by atoms with Crippen LogP contribution in [0.4, 0.5) is 5.69 Å². The van der Waals surface area contributed by atoms with Crippen molar-refractivity contribution >= 4 is 22.7 Å². The van der Waals surface area contributed by atoms with Gasteiger partial charge in [-0.25, -0.2) is 9.78 Å². The lowest BCUT2D eigenvalue weighted by Crippen LogP contribution is -2.05. The second-order valence-corrected chi connectivity index (χ2v) is 5.80. The van der Waals surface area contributed by atoms with Gasteiger partial charge in [0.25, 0.3) is 5.69 Å². The number of benzene rings is 2. The van der Waals surface area contributed by atoms with E-state index in [1.54, 1.807) is 30.3 Å². The average molecular weight is 339 g/mol. The molecular weight excluding hydrogens is 322 g/mol. The Labute approximate surface area is 143 Å². The minimum atomic E-state index is -0.960. The molecule has 7 nitrogen and oxygen atoms in total. The fraction of sp³-hybridized carbons (Fsp3) is 0.222. The van der Waals surface area contributed by atoms with Gasteiger partial charge >= 0.3 is 5.97 Å². The molecule has 0 spiro atoms. The van der Waals surface area contributed by atoms with Crippen molar-refractivity contribution in [2.45, 2.75) is 26.3 Å². The van der Waals surface area contributed by atoms with Gasteiger partial charge in [0.15, 0.2) is 0 Å². The summed E-state index contributed by atoms with van der Waals surface area (Å²) in [6, 6.07) is 11.4. The Morgan fingerprint density at radius 2 is 1.96 bits per heavy atom. The molecule has 0 bridgehead atoms. The predicted octanol–water partition coefficient (Wildman–Crippen LogP) is 3.64. The number of nitro groups is 1. The van der Waals surface area contributed by atoms with E-state index in [2.05, 4.69) is 4.98 Å². The minimum Gasteiger partial charge on any atom is -0.478 e. The summed E-state index contributed by atoms with van der Waals surface area (Å²) in [6.45, 7) is 2.58. The van der Waals surface area contributed by atoms with E-state index in [-0.39, 0.29) is 11.3 Å². The highest BCUT2D eigenvalue weighted by molar-refractivity contribution is 5.87. The number of carboxylic acids is 1. The molecule has 0 saturated carbocycles. The van der Waals surface area contributed by atoms with Gasteiger partial charge in [0, 0.05) is 25.1 Å². The number of imidazole rings is 1. The van der Waals surface area contributed by atoms with Gasteiger partial charge in [0.2, 0.25) is 0 Å². The summed E-state index contributed by atoms with van der Waals surface area (Å²) in [6.07, 6.45) is 1.67. The van der Waals surface area contributed by atoms with Crippen molar-refractivity contribution in [2.75, 3.05) is 0 Å². The summed E-state index contributed by atoms with van der Waals surface area (Å²) >= 11 is 0. The van der Waals surface area contributed by atoms with Crippen LogP contribution in [-0.4, -0.2) is 25.6 Å². The minimum absolute atomic E-state index is 0.0195. The van der Waals surface area contributed by atoms with Gasteiger partial charge in [-0.15, -0.1) is 0 Å². The third kappa shape index (κ3) is 3.35. The van der Waals surface area contributed by atoms with Crippen LogP contribution in [0.15, 0.2) is 42.5 Å². The highest BCUT2D eigenvalue weighted by Gasteiger charge is 2.14. The topological polar surface area (TPSA) is 98.3 Å². The molecule has 25 heavy (non-hydrogen) atoms. The number of rotatable bonds is 6. The van der Waals surface area contributed by atoms with E-state index in [1.807, 2.05) is 11.5 Å². The number of hydrogen-bond acceptors (Lipinski definition) is 4. The third-order valence-corrected chi connectivity index (χ3v) is 4.04. The van der Waals surface area contributed by atoms with Crippen LogP contribution in [0.1, 0.15) is 35.1 Å². The van der Waals surface area contributed by atoms with Crippen molar-refractivity contribution in [2.24, 2.45) is 0 Å². The molecule has 2 aromatic carbocycles. The summed E-state index contributed by atoms with van der Waals surface area (Å²) in [5, 5.41) is 20.0. The molecule has 0 saturated heterocycles. The number of fused-ring (bicyclic) bond motifs is 1. The summed E-state index contributed by atoms with van der Waals surface area (Å²) < 4.78 is 2.03. The van der Waals surface area contributed by atoms with Crippen molar-refractivity contribution in [3.8, 4) is 0 Å². The zero-order valence-corrected chi connectivity index (χ0v) is 13.7. The number of nitro benzene ring substituents is 1. The molecule has 0 amide bonds. The quantitative estimate of drug-likeness (QED) is 0.546. The molecule has 0 aliphatic carbocycles. The molecule has 128 valence electrons. The van der Waals surface area contributed by atoms with Gasteiger partial charge < -0.3 is 9.67 Å². The Morgan fingerprint density at radius 3 is 2.56 bits per heavy atom. The zero-order valence-electron chi connectivity index (χ0n) is 13.7. The highest BCUT2D eigenvalue weighted by Crippen LogP contribution is 2.23. The monoisotopic (exact) mass is 339 g/mol. The maximum Gasteiger partial charge on any atom is 0.335 e. The zero-order chi connectivity index (χ0) is 18.0. The molecule has 0 unspecified atom stereocenters. The van der Waals surface area contributed by atoms with Gasteiger partial charge in [-0.3, -0.25) is 10.1 Å². The van der Waals surface area contributed by atoms with Crippen molar-refractivity contribution in [1.82, 2.24) is 9.55 Å². The lowest BCUT2D eigenvalue weighted by atomic mass is 10.1. The summed E-state index contributed by atoms with van der Waals surface area (Å²) in [4.78, 5) is 26.0. The van der Waals surface area contributed by atoms with Crippen molar-refractivity contribution in [1.29, 1.82) is 0 Å². The first kappa shape index (κ1) is 16.6. The van der Waals surface area contributed by atoms with Crippen LogP contribution < -0.4 is 0 Å². The number of aromatic nitrogens is 2. The van der Waals surface area contributed by atoms with Crippen LogP contribution >= 0.6 is 0 Å². The molecule has 0 fully saturated rings. The number of carbonyl (C=O) groups is 1. The molecular formula is C18H17N3O4. The fourth-order valence-electron chi connectivity index (χ4n) is 2.81. The van der Waals surface area contributed by atoms with Crippen molar-refractivity contribution in [3.63, 3.8) is 0 Å². The molecule has 0 aliphatic heterocycles. The lowest BCUT2D eigenvalue weighted by Gasteiger charge is -2.09. The number of hydrogen-bond donors (Lipinski definition) is 1. The summed E-state index contributed by atoms with van der Waals surface area (Å²) in [7, 11) is 0. The van der Waals surface area contributed by atoms with Gasteiger partial charge in [0.05, 0.1) is 21.5 Å². The Morgan fingerprint density at radius 1 is 1.24 bits per heavy atom. The molecule has 1 heterocycles. The molecule has 1 aromatic heterocycles. The number of carboxylic acid groups (broad SMARTS) is 1. The Balaban J connectivity index is 2.02. The van der Waals surface area contributed by atoms with Crippen molar-refractivity contribution in [3.05, 3.63) is 69.5 Å². The van der Waals surface area contributed by atoms with E-state index in [9.17, 15) is 14.9 Å². The Bertz CT molecular complexity index is 945. The van der Waals surface area contributed by atoms with E-state index in [1.165, 1.54) is 12.1 Å². The van der Waals surface area contributed by atoms with E-state index in [0.29, 0.717) is 12.1 Å². The Hall–Kier alpha value is -3.22. The number of nitrogens with zero attached hydrogens (tertiary/aromatic N) is 3. The first-order valence-corrected chi connectivity index (χ1v) is 7.95. The molecule has 0 aliphatic rings. The predicted molar refractivity (Wildman–Crippen MR) is 92.9 cm³/mol. The van der Waals surface area contributed by atoms with Crippen LogP contribution in [0.2, 0.25) is 0 Å². The first-order valence-electron chi connectivity index (χ1n) is 7.95. The molecule has 7 heteroatoms. The maximum absolute atomic E-state index is 11.0. The van der Waals surface area contributed by atoms with E-state index < -0.39 is 10.9 Å². The van der Waals surface area contributed by atoms with Gasteiger partial charge in [-0.05, 0) is 30.2 Å². The normalized spacial score (nSPS) is 10.9. The van der Waals surface area contributed by atoms with Crippen LogP contribution in [0.3, 0.4) is 0 Å². The van der Waals surface area contributed by atoms with E-state index >= 15 is 0 Å². The second kappa shape index (κ2) is 6.72. The van der Waals surface area contributed by atoms with E-state index in [4.69, 9.17) is 5.11 Å². The van der Waals surface area contributed by atoms with E-state index in [0.717, 1.165) is 29.7 Å². The molecule has 1 N–H and O–H groups in total. The first-order chi connectivity index (χ1) is 12.0. The molecule has 3 aromatic rings. The molecule has 3 rings (SSSR count). The van der Waals surface area contributed by atoms with Crippen LogP contribution in [0.5, 0.6) is 0 Å². The van der Waals surface area contributed by atoms with Crippen LogP contribution in [0, 0.1) is 10.1 Å². The largest absolute Gasteiger partial charge is 0.478 e. The fourth-order valence-corrected chi connectivity index (χ4v) is 2.81. The summed E-state index contributed by atoms with van der Waals surface area (Å²) in [5.74, 6) is -0.0982. The number of aryl methyl sites for hydroxylation is 1. The number of aromatic carboxylic acids is 1. The second-order valence-electron chi connectivity index (χ2n) is 5.80. The van der Waals surface area contributed by atoms with Crippen LogP contribution in [-0.2, 0) is 13.0 Å². The highest BCUT2D eigenvalue weighted by atomic mass is 16.6. The number of non-ortho nitro benzene ring substituents is 1. The standard InChI is InChI=1S/C18H17N3O4/c1-2-3-17-19-15-10-14(21(24)25)8-9-16(15)20(17)11-12-4-6-13(7-5-12)18(22)23/h4-10H,2-3,11H2,1H3,(H,22,23). The molecule has 0 atom stereocenters. The third-order valence-electron chi connectivity index (χ3n) is 4.04. The Kier molecular flexibility index (Phi) is 4.47. The van der Waals surface area contributed by atoms with Crippen molar-refractivity contribution < 1.29 is 14.8 Å². The van der Waals surface area contributed by atoms with Gasteiger partial charge in [-0.1, -0.05) is 19.1 Å². The average Bonchev–Trinajstić information content (AvgIpc) is 2.92. The van der Waals surface area contributed by atoms with Gasteiger partial charge in [0.1, 0.15) is 5.82 Å². The molecule has 0 radical (unpaired) electrons. The van der Waals surface area contributed by atoms with Gasteiger partial charge in [-0.2, -0.15) is 0 Å².